The third kappa shape index (κ3) is 5.69. The molecule has 0 aromatic heterocycles. The lowest BCUT2D eigenvalue weighted by Gasteiger charge is -2.19. The van der Waals surface area contributed by atoms with Crippen LogP contribution in [-0.2, 0) is 9.53 Å². The fraction of sp³-hybridized carbons (Fsp3) is 0.417. The lowest BCUT2D eigenvalue weighted by molar-refractivity contribution is -0.143. The van der Waals surface area contributed by atoms with E-state index in [-0.39, 0.29) is 6.42 Å². The molecule has 1 atom stereocenters. The van der Waals surface area contributed by atoms with E-state index >= 15 is 0 Å². The highest BCUT2D eigenvalue weighted by Crippen LogP contribution is 2.21. The van der Waals surface area contributed by atoms with E-state index in [0.29, 0.717) is 5.56 Å². The third-order valence-corrected chi connectivity index (χ3v) is 2.42. The number of hydrogen-bond donors (Lipinski definition) is 1. The van der Waals surface area contributed by atoms with Crippen LogP contribution in [-0.4, -0.2) is 25.8 Å². The summed E-state index contributed by atoms with van der Waals surface area (Å²) in [6.07, 6.45) is -4.66. The lowest BCUT2D eigenvalue weighted by atomic mass is 10.0. The number of carbonyl (C=O) groups excluding carboxylic acids is 1. The van der Waals surface area contributed by atoms with Gasteiger partial charge in [0.05, 0.1) is 20.1 Å². The SMILES string of the molecule is COC(=O)CC(NCC(F)(F)F)c1ccc(F)cc1. The predicted octanol–water partition coefficient (Wildman–Crippen LogP) is 2.58. The van der Waals surface area contributed by atoms with Crippen LogP contribution in [0.4, 0.5) is 17.6 Å². The number of benzene rings is 1. The maximum atomic E-state index is 12.8. The first-order chi connectivity index (χ1) is 8.81. The minimum atomic E-state index is -4.39. The summed E-state index contributed by atoms with van der Waals surface area (Å²) in [5, 5.41) is 2.21. The first-order valence-corrected chi connectivity index (χ1v) is 5.44. The maximum Gasteiger partial charge on any atom is 0.401 e. The van der Waals surface area contributed by atoms with Crippen molar-refractivity contribution in [2.24, 2.45) is 0 Å². The van der Waals surface area contributed by atoms with Crippen molar-refractivity contribution in [2.75, 3.05) is 13.7 Å². The quantitative estimate of drug-likeness (QED) is 0.665. The van der Waals surface area contributed by atoms with E-state index in [1.807, 2.05) is 0 Å². The van der Waals surface area contributed by atoms with E-state index < -0.39 is 30.5 Å². The van der Waals surface area contributed by atoms with E-state index in [4.69, 9.17) is 0 Å². The molecule has 1 rings (SSSR count). The number of rotatable bonds is 5. The molecule has 0 amide bonds. The molecule has 19 heavy (non-hydrogen) atoms. The first kappa shape index (κ1) is 15.4. The molecule has 0 aliphatic carbocycles. The number of hydrogen-bond acceptors (Lipinski definition) is 3. The topological polar surface area (TPSA) is 38.3 Å². The summed E-state index contributed by atoms with van der Waals surface area (Å²) in [5.74, 6) is -1.15. The average molecular weight is 279 g/mol. The van der Waals surface area contributed by atoms with Crippen LogP contribution < -0.4 is 5.32 Å². The molecule has 106 valence electrons. The van der Waals surface area contributed by atoms with E-state index in [1.165, 1.54) is 12.1 Å². The molecule has 7 heteroatoms. The second-order valence-corrected chi connectivity index (χ2v) is 3.88. The molecular formula is C12H13F4NO2. The normalized spacial score (nSPS) is 13.1. The molecule has 0 radical (unpaired) electrons. The average Bonchev–Trinajstić information content (AvgIpc) is 2.34. The molecule has 0 spiro atoms. The van der Waals surface area contributed by atoms with Gasteiger partial charge in [-0.15, -0.1) is 0 Å². The van der Waals surface area contributed by atoms with Crippen molar-refractivity contribution >= 4 is 5.97 Å². The summed E-state index contributed by atoms with van der Waals surface area (Å²) in [6.45, 7) is -1.24. The monoisotopic (exact) mass is 279 g/mol. The molecule has 0 heterocycles. The molecule has 0 saturated carbocycles. The minimum Gasteiger partial charge on any atom is -0.469 e. The number of halogens is 4. The summed E-state index contributed by atoms with van der Waals surface area (Å²) in [5.41, 5.74) is 0.385. The summed E-state index contributed by atoms with van der Waals surface area (Å²) in [7, 11) is 1.15. The third-order valence-electron chi connectivity index (χ3n) is 2.42. The van der Waals surface area contributed by atoms with Gasteiger partial charge in [-0.1, -0.05) is 12.1 Å². The Morgan fingerprint density at radius 2 is 1.89 bits per heavy atom. The van der Waals surface area contributed by atoms with Crippen LogP contribution in [0.5, 0.6) is 0 Å². The van der Waals surface area contributed by atoms with Crippen molar-refractivity contribution in [2.45, 2.75) is 18.6 Å². The number of carbonyl (C=O) groups is 1. The maximum absolute atomic E-state index is 12.8. The summed E-state index contributed by atoms with van der Waals surface area (Å²) in [4.78, 5) is 11.2. The second-order valence-electron chi connectivity index (χ2n) is 3.88. The Morgan fingerprint density at radius 3 is 2.37 bits per heavy atom. The molecule has 0 fully saturated rings. The zero-order valence-corrected chi connectivity index (χ0v) is 10.1. The standard InChI is InChI=1S/C12H13F4NO2/c1-19-11(18)6-10(17-7-12(14,15)16)8-2-4-9(13)5-3-8/h2-5,10,17H,6-7H2,1H3. The fourth-order valence-corrected chi connectivity index (χ4v) is 1.49. The van der Waals surface area contributed by atoms with Crippen molar-refractivity contribution in [3.63, 3.8) is 0 Å². The lowest BCUT2D eigenvalue weighted by Crippen LogP contribution is -2.33. The van der Waals surface area contributed by atoms with Gasteiger partial charge in [0.2, 0.25) is 0 Å². The van der Waals surface area contributed by atoms with Crippen LogP contribution in [0.3, 0.4) is 0 Å². The zero-order chi connectivity index (χ0) is 14.5. The smallest absolute Gasteiger partial charge is 0.401 e. The highest BCUT2D eigenvalue weighted by atomic mass is 19.4. The number of nitrogens with one attached hydrogen (secondary N) is 1. The van der Waals surface area contributed by atoms with Crippen LogP contribution in [0.25, 0.3) is 0 Å². The Bertz CT molecular complexity index is 417. The highest BCUT2D eigenvalue weighted by molar-refractivity contribution is 5.70. The number of ether oxygens (including phenoxy) is 1. The molecule has 0 bridgehead atoms. The molecule has 0 saturated heterocycles. The molecule has 0 aliphatic rings. The van der Waals surface area contributed by atoms with Gasteiger partial charge >= 0.3 is 12.1 Å². The van der Waals surface area contributed by atoms with Crippen LogP contribution in [0, 0.1) is 5.82 Å². The Hall–Kier alpha value is -1.63. The Balaban J connectivity index is 2.79. The van der Waals surface area contributed by atoms with Gasteiger partial charge in [-0.2, -0.15) is 13.2 Å². The van der Waals surface area contributed by atoms with Crippen molar-refractivity contribution in [3.05, 3.63) is 35.6 Å². The molecule has 1 aromatic rings. The van der Waals surface area contributed by atoms with Crippen LogP contribution in [0.2, 0.25) is 0 Å². The molecule has 1 aromatic carbocycles. The van der Waals surface area contributed by atoms with Gasteiger partial charge < -0.3 is 10.1 Å². The number of alkyl halides is 3. The van der Waals surface area contributed by atoms with Crippen LogP contribution >= 0.6 is 0 Å². The largest absolute Gasteiger partial charge is 0.469 e. The van der Waals surface area contributed by atoms with Gasteiger partial charge in [-0.05, 0) is 17.7 Å². The van der Waals surface area contributed by atoms with Crippen molar-refractivity contribution in [3.8, 4) is 0 Å². The molecule has 1 unspecified atom stereocenters. The summed E-state index contributed by atoms with van der Waals surface area (Å²) in [6, 6.07) is 4.01. The van der Waals surface area contributed by atoms with Crippen LogP contribution in [0.15, 0.2) is 24.3 Å². The van der Waals surface area contributed by atoms with E-state index in [0.717, 1.165) is 19.2 Å². The van der Waals surface area contributed by atoms with E-state index in [9.17, 15) is 22.4 Å². The molecule has 1 N–H and O–H groups in total. The van der Waals surface area contributed by atoms with Gasteiger partial charge in [0.15, 0.2) is 0 Å². The second kappa shape index (κ2) is 6.51. The Kier molecular flexibility index (Phi) is 5.29. The van der Waals surface area contributed by atoms with Crippen molar-refractivity contribution < 1.29 is 27.1 Å². The van der Waals surface area contributed by atoms with Crippen LogP contribution in [0.1, 0.15) is 18.0 Å². The molecule has 3 nitrogen and oxygen atoms in total. The van der Waals surface area contributed by atoms with E-state index in [2.05, 4.69) is 10.1 Å². The Labute approximate surface area is 107 Å². The fourth-order valence-electron chi connectivity index (χ4n) is 1.49. The summed E-state index contributed by atoms with van der Waals surface area (Å²) < 4.78 is 53.7. The van der Waals surface area contributed by atoms with Gasteiger partial charge in [0.1, 0.15) is 5.82 Å². The van der Waals surface area contributed by atoms with Crippen molar-refractivity contribution in [1.82, 2.24) is 5.32 Å². The van der Waals surface area contributed by atoms with Gasteiger partial charge in [0.25, 0.3) is 0 Å². The Morgan fingerprint density at radius 1 is 1.32 bits per heavy atom. The van der Waals surface area contributed by atoms with Gasteiger partial charge in [0, 0.05) is 6.04 Å². The van der Waals surface area contributed by atoms with E-state index in [1.54, 1.807) is 0 Å². The van der Waals surface area contributed by atoms with Gasteiger partial charge in [-0.3, -0.25) is 4.79 Å². The first-order valence-electron chi connectivity index (χ1n) is 5.44. The van der Waals surface area contributed by atoms with Gasteiger partial charge in [-0.25, -0.2) is 4.39 Å². The molecular weight excluding hydrogens is 266 g/mol. The molecule has 0 aliphatic heterocycles. The number of esters is 1. The zero-order valence-electron chi connectivity index (χ0n) is 10.1. The predicted molar refractivity (Wildman–Crippen MR) is 59.8 cm³/mol. The summed E-state index contributed by atoms with van der Waals surface area (Å²) >= 11 is 0. The minimum absolute atomic E-state index is 0.266. The highest BCUT2D eigenvalue weighted by Gasteiger charge is 2.29. The van der Waals surface area contributed by atoms with Crippen molar-refractivity contribution in [1.29, 1.82) is 0 Å². The number of methoxy groups -OCH3 is 1.